The molecule has 0 spiro atoms. The molecule has 166 valence electrons. The molecule has 0 aliphatic carbocycles. The lowest BCUT2D eigenvalue weighted by Gasteiger charge is -2.38. The second-order valence-electron chi connectivity index (χ2n) is 9.89. The minimum Gasteiger partial charge on any atom is -0.380 e. The van der Waals surface area contributed by atoms with Gasteiger partial charge in [-0.1, -0.05) is 73.7 Å². The molecule has 3 nitrogen and oxygen atoms in total. The summed E-state index contributed by atoms with van der Waals surface area (Å²) in [4.78, 5) is 2.40. The summed E-state index contributed by atoms with van der Waals surface area (Å²) in [5, 5.41) is 2.60. The van der Waals surface area contributed by atoms with Gasteiger partial charge >= 0.3 is 0 Å². The van der Waals surface area contributed by atoms with Crippen molar-refractivity contribution in [2.24, 2.45) is 5.41 Å². The summed E-state index contributed by atoms with van der Waals surface area (Å²) in [6, 6.07) is 33.0. The van der Waals surface area contributed by atoms with Crippen LogP contribution in [0.3, 0.4) is 0 Å². The fourth-order valence-electron chi connectivity index (χ4n) is 5.53. The highest BCUT2D eigenvalue weighted by Gasteiger charge is 2.34. The Bertz CT molecular complexity index is 1540. The van der Waals surface area contributed by atoms with Crippen molar-refractivity contribution in [1.82, 2.24) is 4.57 Å². The predicted octanol–water partition coefficient (Wildman–Crippen LogP) is 7.78. The fraction of sp³-hybridized carbons (Fsp3) is 0.161. The molecule has 0 N–H and O–H groups in total. The third-order valence-electron chi connectivity index (χ3n) is 7.25. The third kappa shape index (κ3) is 2.94. The lowest BCUT2D eigenvalue weighted by atomic mass is 9.88. The summed E-state index contributed by atoms with van der Waals surface area (Å²) in [7, 11) is 0. The van der Waals surface area contributed by atoms with Gasteiger partial charge in [0.15, 0.2) is 0 Å². The maximum atomic E-state index is 5.56. The molecule has 0 atom stereocenters. The van der Waals surface area contributed by atoms with Crippen molar-refractivity contribution in [2.45, 2.75) is 13.5 Å². The van der Waals surface area contributed by atoms with Crippen molar-refractivity contribution in [2.75, 3.05) is 18.1 Å². The Hall–Kier alpha value is -3.82. The van der Waals surface area contributed by atoms with Crippen molar-refractivity contribution in [1.29, 1.82) is 0 Å². The number of nitrogens with zero attached hydrogens (tertiary/aromatic N) is 2. The van der Waals surface area contributed by atoms with Gasteiger partial charge in [-0.05, 0) is 47.5 Å². The van der Waals surface area contributed by atoms with Gasteiger partial charge in [-0.15, -0.1) is 0 Å². The molecule has 0 unspecified atom stereocenters. The molecule has 0 bridgehead atoms. The number of para-hydroxylation sites is 3. The fourth-order valence-corrected chi connectivity index (χ4v) is 5.53. The van der Waals surface area contributed by atoms with E-state index in [1.54, 1.807) is 0 Å². The number of fused-ring (bicyclic) bond motifs is 5. The van der Waals surface area contributed by atoms with Crippen LogP contribution in [0.2, 0.25) is 0 Å². The number of hydrogen-bond acceptors (Lipinski definition) is 2. The van der Waals surface area contributed by atoms with Crippen LogP contribution in [0.1, 0.15) is 18.1 Å². The zero-order valence-corrected chi connectivity index (χ0v) is 19.2. The lowest BCUT2D eigenvalue weighted by molar-refractivity contribution is -0.109. The number of anilines is 3. The van der Waals surface area contributed by atoms with Gasteiger partial charge in [0.05, 0.1) is 24.6 Å². The Morgan fingerprint density at radius 1 is 0.706 bits per heavy atom. The van der Waals surface area contributed by atoms with E-state index < -0.39 is 0 Å². The second kappa shape index (κ2) is 7.34. The number of rotatable bonds is 3. The monoisotopic (exact) mass is 442 g/mol. The van der Waals surface area contributed by atoms with Gasteiger partial charge in [-0.25, -0.2) is 0 Å². The van der Waals surface area contributed by atoms with E-state index in [9.17, 15) is 0 Å². The quantitative estimate of drug-likeness (QED) is 0.278. The van der Waals surface area contributed by atoms with Gasteiger partial charge in [0, 0.05) is 39.5 Å². The van der Waals surface area contributed by atoms with Crippen LogP contribution in [-0.4, -0.2) is 17.8 Å². The highest BCUT2D eigenvalue weighted by Crippen LogP contribution is 2.44. The Labute approximate surface area is 199 Å². The Balaban J connectivity index is 1.46. The molecule has 2 aliphatic rings. The van der Waals surface area contributed by atoms with Crippen molar-refractivity contribution >= 4 is 51.0 Å². The predicted molar refractivity (Wildman–Crippen MR) is 142 cm³/mol. The molecule has 34 heavy (non-hydrogen) atoms. The summed E-state index contributed by atoms with van der Waals surface area (Å²) < 4.78 is 8.05. The van der Waals surface area contributed by atoms with E-state index in [0.29, 0.717) is 0 Å². The second-order valence-corrected chi connectivity index (χ2v) is 9.89. The van der Waals surface area contributed by atoms with Crippen LogP contribution in [0.15, 0.2) is 91.0 Å². The first-order chi connectivity index (χ1) is 16.7. The van der Waals surface area contributed by atoms with Crippen LogP contribution < -0.4 is 4.90 Å². The topological polar surface area (TPSA) is 17.4 Å². The smallest absolute Gasteiger partial charge is 0.0559 e. The number of benzene rings is 4. The van der Waals surface area contributed by atoms with Crippen LogP contribution in [0.4, 0.5) is 17.1 Å². The Morgan fingerprint density at radius 3 is 2.00 bits per heavy atom. The first kappa shape index (κ1) is 19.6. The van der Waals surface area contributed by atoms with Crippen molar-refractivity contribution in [3.05, 3.63) is 102 Å². The molecular weight excluding hydrogens is 416 g/mol. The summed E-state index contributed by atoms with van der Waals surface area (Å²) in [5.41, 5.74) is 8.79. The summed E-state index contributed by atoms with van der Waals surface area (Å²) >= 11 is 0. The molecule has 7 rings (SSSR count). The lowest BCUT2D eigenvalue weighted by Crippen LogP contribution is -2.43. The van der Waals surface area contributed by atoms with Gasteiger partial charge < -0.3 is 14.2 Å². The zero-order chi connectivity index (χ0) is 22.7. The van der Waals surface area contributed by atoms with E-state index in [0.717, 1.165) is 19.8 Å². The van der Waals surface area contributed by atoms with Crippen LogP contribution in [0.25, 0.3) is 34.0 Å². The SMILES string of the molecule is CC1(Cn2c3ccccc3c3cc(N4c5ccccc5C=Cc5ccccc54)ccc32)COC1. The molecule has 0 radical (unpaired) electrons. The molecule has 3 heterocycles. The molecule has 0 amide bonds. The molecule has 1 fully saturated rings. The van der Waals surface area contributed by atoms with E-state index in [1.807, 2.05) is 0 Å². The molecular formula is C31H26N2O. The van der Waals surface area contributed by atoms with Gasteiger partial charge in [-0.3, -0.25) is 0 Å². The van der Waals surface area contributed by atoms with Crippen molar-refractivity contribution in [3.8, 4) is 0 Å². The van der Waals surface area contributed by atoms with E-state index in [2.05, 4.69) is 120 Å². The maximum absolute atomic E-state index is 5.56. The highest BCUT2D eigenvalue weighted by atomic mass is 16.5. The van der Waals surface area contributed by atoms with E-state index in [4.69, 9.17) is 4.74 Å². The van der Waals surface area contributed by atoms with Crippen LogP contribution in [0.5, 0.6) is 0 Å². The molecule has 0 saturated carbocycles. The minimum absolute atomic E-state index is 0.196. The molecule has 5 aromatic rings. The van der Waals surface area contributed by atoms with Gasteiger partial charge in [0.25, 0.3) is 0 Å². The van der Waals surface area contributed by atoms with E-state index in [-0.39, 0.29) is 5.41 Å². The third-order valence-corrected chi connectivity index (χ3v) is 7.25. The van der Waals surface area contributed by atoms with Crippen molar-refractivity contribution in [3.63, 3.8) is 0 Å². The number of ether oxygens (including phenoxy) is 1. The van der Waals surface area contributed by atoms with Gasteiger partial charge in [-0.2, -0.15) is 0 Å². The van der Waals surface area contributed by atoms with Crippen LogP contribution >= 0.6 is 0 Å². The molecule has 1 saturated heterocycles. The molecule has 1 aromatic heterocycles. The maximum Gasteiger partial charge on any atom is 0.0559 e. The van der Waals surface area contributed by atoms with Crippen molar-refractivity contribution < 1.29 is 4.74 Å². The molecule has 2 aliphatic heterocycles. The van der Waals surface area contributed by atoms with Gasteiger partial charge in [0.2, 0.25) is 0 Å². The summed E-state index contributed by atoms with van der Waals surface area (Å²) in [5.74, 6) is 0. The largest absolute Gasteiger partial charge is 0.380 e. The summed E-state index contributed by atoms with van der Waals surface area (Å²) in [6.07, 6.45) is 4.44. The highest BCUT2D eigenvalue weighted by molar-refractivity contribution is 6.10. The van der Waals surface area contributed by atoms with Gasteiger partial charge in [0.1, 0.15) is 0 Å². The molecule has 3 heteroatoms. The summed E-state index contributed by atoms with van der Waals surface area (Å²) in [6.45, 7) is 4.94. The Kier molecular flexibility index (Phi) is 4.24. The standard InChI is InChI=1S/C31H26N2O/c1-31(20-34-21-31)19-32-29-13-7-4-10-25(29)26-18-24(16-17-30(26)32)33-27-11-5-2-8-22(27)14-15-23-9-3-6-12-28(23)33/h2-18H,19-21H2,1H3. The first-order valence-electron chi connectivity index (χ1n) is 12.0. The Morgan fingerprint density at radius 2 is 1.32 bits per heavy atom. The molecule has 4 aromatic carbocycles. The minimum atomic E-state index is 0.196. The average Bonchev–Trinajstić information content (AvgIpc) is 3.05. The first-order valence-corrected chi connectivity index (χ1v) is 12.0. The normalized spacial score (nSPS) is 16.2. The average molecular weight is 443 g/mol. The number of aromatic nitrogens is 1. The van der Waals surface area contributed by atoms with Crippen LogP contribution in [-0.2, 0) is 11.3 Å². The van der Waals surface area contributed by atoms with E-state index >= 15 is 0 Å². The van der Waals surface area contributed by atoms with Crippen LogP contribution in [0, 0.1) is 5.41 Å². The van der Waals surface area contributed by atoms with E-state index in [1.165, 1.54) is 50.0 Å². The number of hydrogen-bond donors (Lipinski definition) is 0. The zero-order valence-electron chi connectivity index (χ0n) is 19.2.